The Bertz CT molecular complexity index is 742. The van der Waals surface area contributed by atoms with Gasteiger partial charge in [0.2, 0.25) is 0 Å². The molecule has 2 aromatic heterocycles. The van der Waals surface area contributed by atoms with Gasteiger partial charge in [0, 0.05) is 25.5 Å². The van der Waals surface area contributed by atoms with Crippen molar-refractivity contribution in [3.05, 3.63) is 42.0 Å². The van der Waals surface area contributed by atoms with E-state index in [1.165, 1.54) is 12.5 Å². The molecule has 1 unspecified atom stereocenters. The molecule has 3 heterocycles. The van der Waals surface area contributed by atoms with Crippen molar-refractivity contribution in [3.63, 3.8) is 0 Å². The van der Waals surface area contributed by atoms with Crippen LogP contribution in [0.5, 0.6) is 0 Å². The zero-order chi connectivity index (χ0) is 16.3. The Morgan fingerprint density at radius 1 is 1.39 bits per heavy atom. The third kappa shape index (κ3) is 4.17. The van der Waals surface area contributed by atoms with Crippen molar-refractivity contribution in [1.82, 2.24) is 20.1 Å². The highest BCUT2D eigenvalue weighted by Crippen LogP contribution is 2.24. The number of nitrogens with one attached hydrogen (secondary N) is 1. The lowest BCUT2D eigenvalue weighted by Crippen LogP contribution is -2.36. The zero-order valence-corrected chi connectivity index (χ0v) is 14.1. The first-order chi connectivity index (χ1) is 11.0. The van der Waals surface area contributed by atoms with Gasteiger partial charge in [0.25, 0.3) is 0 Å². The molecule has 23 heavy (non-hydrogen) atoms. The van der Waals surface area contributed by atoms with E-state index >= 15 is 0 Å². The van der Waals surface area contributed by atoms with Crippen LogP contribution in [0.25, 0.3) is 0 Å². The zero-order valence-electron chi connectivity index (χ0n) is 13.3. The number of aromatic nitrogens is 3. The van der Waals surface area contributed by atoms with Gasteiger partial charge >= 0.3 is 0 Å². The van der Waals surface area contributed by atoms with Gasteiger partial charge in [-0.05, 0) is 43.9 Å². The molecule has 3 rings (SSSR count). The predicted molar refractivity (Wildman–Crippen MR) is 87.6 cm³/mol. The third-order valence-corrected chi connectivity index (χ3v) is 5.44. The summed E-state index contributed by atoms with van der Waals surface area (Å²) >= 11 is 0. The summed E-state index contributed by atoms with van der Waals surface area (Å²) in [6.07, 6.45) is 7.43. The van der Waals surface area contributed by atoms with E-state index in [4.69, 9.17) is 0 Å². The van der Waals surface area contributed by atoms with E-state index < -0.39 is 9.84 Å². The first-order valence-corrected chi connectivity index (χ1v) is 9.76. The Labute approximate surface area is 136 Å². The van der Waals surface area contributed by atoms with Crippen molar-refractivity contribution in [2.75, 3.05) is 19.3 Å². The van der Waals surface area contributed by atoms with E-state index in [9.17, 15) is 8.42 Å². The van der Waals surface area contributed by atoms with Crippen LogP contribution in [-0.2, 0) is 22.8 Å². The minimum Gasteiger partial charge on any atom is -0.297 e. The van der Waals surface area contributed by atoms with E-state index in [-0.39, 0.29) is 0 Å². The predicted octanol–water partition coefficient (Wildman–Crippen LogP) is 1.66. The molecule has 0 spiro atoms. The highest BCUT2D eigenvalue weighted by Gasteiger charge is 2.24. The van der Waals surface area contributed by atoms with E-state index in [0.29, 0.717) is 10.8 Å². The Balaban J connectivity index is 1.64. The Morgan fingerprint density at radius 2 is 2.26 bits per heavy atom. The maximum atomic E-state index is 11.8. The minimum atomic E-state index is -3.22. The Morgan fingerprint density at radius 3 is 3.00 bits per heavy atom. The second-order valence-electron chi connectivity index (χ2n) is 6.25. The van der Waals surface area contributed by atoms with Gasteiger partial charge in [0.15, 0.2) is 9.84 Å². The first-order valence-electron chi connectivity index (χ1n) is 7.87. The number of rotatable bonds is 5. The number of likely N-dealkylation sites (tertiary alicyclic amines) is 1. The van der Waals surface area contributed by atoms with Gasteiger partial charge in [-0.25, -0.2) is 8.42 Å². The normalized spacial score (nSPS) is 19.8. The number of H-pyrrole nitrogens is 1. The quantitative estimate of drug-likeness (QED) is 0.900. The van der Waals surface area contributed by atoms with Crippen LogP contribution in [0.2, 0.25) is 0 Å². The molecule has 2 aromatic rings. The molecular weight excluding hydrogens is 312 g/mol. The van der Waals surface area contributed by atoms with Crippen LogP contribution in [-0.4, -0.2) is 47.8 Å². The molecule has 0 bridgehead atoms. The Hall–Kier alpha value is -1.73. The summed E-state index contributed by atoms with van der Waals surface area (Å²) < 4.78 is 23.6. The number of piperidine rings is 1. The molecule has 7 heteroatoms. The second kappa shape index (κ2) is 6.80. The SMILES string of the molecule is CS(=O)(=O)c1cn[nH]c1CC1CCCN(Cc2ccccn2)C1. The summed E-state index contributed by atoms with van der Waals surface area (Å²) in [5.41, 5.74) is 1.81. The van der Waals surface area contributed by atoms with E-state index in [2.05, 4.69) is 20.1 Å². The summed E-state index contributed by atoms with van der Waals surface area (Å²) in [6, 6.07) is 5.97. The van der Waals surface area contributed by atoms with E-state index in [0.717, 1.165) is 50.3 Å². The maximum Gasteiger partial charge on any atom is 0.178 e. The molecule has 124 valence electrons. The number of nitrogens with zero attached hydrogens (tertiary/aromatic N) is 3. The average molecular weight is 334 g/mol. The molecule has 1 aliphatic heterocycles. The van der Waals surface area contributed by atoms with Crippen molar-refractivity contribution < 1.29 is 8.42 Å². The monoisotopic (exact) mass is 334 g/mol. The first kappa shape index (κ1) is 16.1. The standard InChI is InChI=1S/C16H22N4O2S/c1-23(21,22)16-10-18-19-15(16)9-13-5-4-8-20(11-13)12-14-6-2-3-7-17-14/h2-3,6-7,10,13H,4-5,8-9,11-12H2,1H3,(H,18,19). The highest BCUT2D eigenvalue weighted by molar-refractivity contribution is 7.90. The molecule has 0 aliphatic carbocycles. The molecular formula is C16H22N4O2S. The minimum absolute atomic E-state index is 0.333. The fourth-order valence-electron chi connectivity index (χ4n) is 3.24. The van der Waals surface area contributed by atoms with Crippen LogP contribution < -0.4 is 0 Å². The summed E-state index contributed by atoms with van der Waals surface area (Å²) in [5, 5.41) is 6.78. The summed E-state index contributed by atoms with van der Waals surface area (Å²) in [6.45, 7) is 2.87. The topological polar surface area (TPSA) is 79.0 Å². The molecule has 0 saturated carbocycles. The van der Waals surface area contributed by atoms with Gasteiger partial charge < -0.3 is 0 Å². The molecule has 0 aromatic carbocycles. The molecule has 0 amide bonds. The summed E-state index contributed by atoms with van der Waals surface area (Å²) in [7, 11) is -3.22. The van der Waals surface area contributed by atoms with Crippen LogP contribution in [0, 0.1) is 5.92 Å². The lowest BCUT2D eigenvalue weighted by atomic mass is 9.93. The number of pyridine rings is 1. The highest BCUT2D eigenvalue weighted by atomic mass is 32.2. The lowest BCUT2D eigenvalue weighted by Gasteiger charge is -2.32. The molecule has 1 aliphatic rings. The smallest absolute Gasteiger partial charge is 0.178 e. The van der Waals surface area contributed by atoms with Gasteiger partial charge in [-0.3, -0.25) is 15.0 Å². The lowest BCUT2D eigenvalue weighted by molar-refractivity contribution is 0.164. The molecule has 6 nitrogen and oxygen atoms in total. The molecule has 0 radical (unpaired) electrons. The van der Waals surface area contributed by atoms with Gasteiger partial charge in [0.05, 0.1) is 17.6 Å². The van der Waals surface area contributed by atoms with Crippen molar-refractivity contribution in [2.24, 2.45) is 5.92 Å². The molecule has 1 N–H and O–H groups in total. The van der Waals surface area contributed by atoms with Crippen molar-refractivity contribution in [1.29, 1.82) is 0 Å². The number of aromatic amines is 1. The number of sulfone groups is 1. The van der Waals surface area contributed by atoms with Gasteiger partial charge in [-0.15, -0.1) is 0 Å². The fraction of sp³-hybridized carbons (Fsp3) is 0.500. The average Bonchev–Trinajstić information content (AvgIpc) is 2.97. The van der Waals surface area contributed by atoms with Gasteiger partial charge in [-0.2, -0.15) is 5.10 Å². The number of hydrogen-bond donors (Lipinski definition) is 1. The van der Waals surface area contributed by atoms with Crippen LogP contribution >= 0.6 is 0 Å². The van der Waals surface area contributed by atoms with E-state index in [1.54, 1.807) is 0 Å². The van der Waals surface area contributed by atoms with Crippen LogP contribution in [0.15, 0.2) is 35.5 Å². The number of hydrogen-bond acceptors (Lipinski definition) is 5. The molecule has 1 fully saturated rings. The fourth-order valence-corrected chi connectivity index (χ4v) is 4.06. The van der Waals surface area contributed by atoms with Crippen LogP contribution in [0.4, 0.5) is 0 Å². The van der Waals surface area contributed by atoms with E-state index in [1.807, 2.05) is 24.4 Å². The third-order valence-electron chi connectivity index (χ3n) is 4.29. The van der Waals surface area contributed by atoms with Gasteiger partial charge in [0.1, 0.15) is 4.90 Å². The largest absolute Gasteiger partial charge is 0.297 e. The van der Waals surface area contributed by atoms with Gasteiger partial charge in [-0.1, -0.05) is 6.07 Å². The molecule has 1 saturated heterocycles. The van der Waals surface area contributed by atoms with Crippen LogP contribution in [0.1, 0.15) is 24.2 Å². The van der Waals surface area contributed by atoms with Crippen molar-refractivity contribution in [3.8, 4) is 0 Å². The summed E-state index contributed by atoms with van der Waals surface area (Å²) in [5.74, 6) is 0.438. The summed E-state index contributed by atoms with van der Waals surface area (Å²) in [4.78, 5) is 7.11. The van der Waals surface area contributed by atoms with Crippen molar-refractivity contribution in [2.45, 2.75) is 30.7 Å². The van der Waals surface area contributed by atoms with Crippen LogP contribution in [0.3, 0.4) is 0 Å². The maximum absolute atomic E-state index is 11.8. The molecule has 1 atom stereocenters. The second-order valence-corrected chi connectivity index (χ2v) is 8.24. The Kier molecular flexibility index (Phi) is 4.77. The van der Waals surface area contributed by atoms with Crippen molar-refractivity contribution >= 4 is 9.84 Å².